The number of carbonyl (C=O) groups is 2. The van der Waals surface area contributed by atoms with Gasteiger partial charge in [0.15, 0.2) is 0 Å². The molecule has 38 heavy (non-hydrogen) atoms. The second-order valence-corrected chi connectivity index (χ2v) is 10.8. The van der Waals surface area contributed by atoms with Gasteiger partial charge >= 0.3 is 12.1 Å². The number of nitrogens with one attached hydrogen (secondary N) is 1. The number of anilines is 1. The number of esters is 1. The molecule has 0 aromatic heterocycles. The van der Waals surface area contributed by atoms with Crippen LogP contribution in [-0.4, -0.2) is 28.7 Å². The molecule has 0 spiro atoms. The van der Waals surface area contributed by atoms with E-state index in [9.17, 15) is 9.59 Å². The van der Waals surface area contributed by atoms with Crippen LogP contribution in [0.5, 0.6) is 0 Å². The Balaban J connectivity index is 1.96. The van der Waals surface area contributed by atoms with E-state index in [0.717, 1.165) is 16.7 Å². The van der Waals surface area contributed by atoms with Crippen molar-refractivity contribution in [2.45, 2.75) is 78.3 Å². The van der Waals surface area contributed by atoms with Gasteiger partial charge in [0.2, 0.25) is 0 Å². The Kier molecular flexibility index (Phi) is 10.1. The van der Waals surface area contributed by atoms with E-state index in [1.165, 1.54) is 0 Å². The molecular formula is C32H40N2O4. The van der Waals surface area contributed by atoms with Crippen LogP contribution in [0.2, 0.25) is 0 Å². The van der Waals surface area contributed by atoms with Gasteiger partial charge in [0, 0.05) is 24.3 Å². The van der Waals surface area contributed by atoms with Crippen LogP contribution in [0.25, 0.3) is 0 Å². The van der Waals surface area contributed by atoms with Crippen molar-refractivity contribution in [1.29, 1.82) is 0 Å². The maximum Gasteiger partial charge on any atom is 0.412 e. The lowest BCUT2D eigenvalue weighted by Gasteiger charge is -2.37. The summed E-state index contributed by atoms with van der Waals surface area (Å²) in [6, 6.07) is 27.9. The molecule has 3 aromatic carbocycles. The SMILES string of the molecule is CC(C)OC(=O)C[C@@H](c1ccc(NC(=O)OC(C)(C)C)cc1)N(Cc1ccccc1)[C@H](C)c1ccccc1. The molecule has 0 saturated carbocycles. The van der Waals surface area contributed by atoms with Crippen LogP contribution in [0.15, 0.2) is 84.9 Å². The molecule has 0 unspecified atom stereocenters. The second kappa shape index (κ2) is 13.2. The second-order valence-electron chi connectivity index (χ2n) is 10.8. The zero-order chi connectivity index (χ0) is 27.7. The van der Waals surface area contributed by atoms with Gasteiger partial charge < -0.3 is 9.47 Å². The molecule has 0 saturated heterocycles. The third-order valence-electron chi connectivity index (χ3n) is 6.06. The smallest absolute Gasteiger partial charge is 0.412 e. The zero-order valence-corrected chi connectivity index (χ0v) is 23.3. The van der Waals surface area contributed by atoms with E-state index in [2.05, 4.69) is 41.4 Å². The minimum atomic E-state index is -0.586. The lowest BCUT2D eigenvalue weighted by Crippen LogP contribution is -2.33. The Bertz CT molecular complexity index is 1160. The minimum absolute atomic E-state index is 0.0211. The first-order valence-corrected chi connectivity index (χ1v) is 13.2. The monoisotopic (exact) mass is 516 g/mol. The molecule has 0 fully saturated rings. The first kappa shape index (κ1) is 28.9. The molecule has 2 atom stereocenters. The molecular weight excluding hydrogens is 476 g/mol. The highest BCUT2D eigenvalue weighted by Gasteiger charge is 2.29. The van der Waals surface area contributed by atoms with Crippen molar-refractivity contribution in [3.05, 3.63) is 102 Å². The summed E-state index contributed by atoms with van der Waals surface area (Å²) in [4.78, 5) is 27.6. The summed E-state index contributed by atoms with van der Waals surface area (Å²) in [6.45, 7) is 12.0. The summed E-state index contributed by atoms with van der Waals surface area (Å²) in [5.41, 5.74) is 3.31. The number of carbonyl (C=O) groups excluding carboxylic acids is 2. The topological polar surface area (TPSA) is 67.9 Å². The Morgan fingerprint density at radius 3 is 1.95 bits per heavy atom. The van der Waals surface area contributed by atoms with Crippen LogP contribution in [0, 0.1) is 0 Å². The standard InChI is InChI=1S/C32H40N2O4/c1-23(2)37-30(35)21-29(27-17-19-28(20-18-27)33-31(36)38-32(4,5)6)34(22-25-13-9-7-10-14-25)24(3)26-15-11-8-12-16-26/h7-20,23-24,29H,21-22H2,1-6H3,(H,33,36)/t24-,29+/m1/s1. The number of benzene rings is 3. The number of nitrogens with zero attached hydrogens (tertiary/aromatic N) is 1. The van der Waals surface area contributed by atoms with Crippen LogP contribution in [0.3, 0.4) is 0 Å². The van der Waals surface area contributed by atoms with Crippen molar-refractivity contribution in [1.82, 2.24) is 4.90 Å². The van der Waals surface area contributed by atoms with Gasteiger partial charge in [-0.3, -0.25) is 15.0 Å². The average molecular weight is 517 g/mol. The van der Waals surface area contributed by atoms with Crippen molar-refractivity contribution >= 4 is 17.7 Å². The van der Waals surface area contributed by atoms with Gasteiger partial charge in [-0.15, -0.1) is 0 Å². The molecule has 1 amide bonds. The number of rotatable bonds is 10. The summed E-state index contributed by atoms with van der Waals surface area (Å²) >= 11 is 0. The quantitative estimate of drug-likeness (QED) is 0.280. The molecule has 3 rings (SSSR count). The van der Waals surface area contributed by atoms with E-state index >= 15 is 0 Å². The molecule has 0 aliphatic carbocycles. The molecule has 0 aliphatic rings. The third-order valence-corrected chi connectivity index (χ3v) is 6.06. The fourth-order valence-corrected chi connectivity index (χ4v) is 4.34. The first-order chi connectivity index (χ1) is 18.0. The molecule has 3 aromatic rings. The highest BCUT2D eigenvalue weighted by Crippen LogP contribution is 2.35. The van der Waals surface area contributed by atoms with Crippen molar-refractivity contribution in [3.63, 3.8) is 0 Å². The summed E-state index contributed by atoms with van der Waals surface area (Å²) < 4.78 is 10.9. The molecule has 0 bridgehead atoms. The summed E-state index contributed by atoms with van der Waals surface area (Å²) in [6.07, 6.45) is -0.510. The summed E-state index contributed by atoms with van der Waals surface area (Å²) in [7, 11) is 0. The average Bonchev–Trinajstić information content (AvgIpc) is 2.86. The fraction of sp³-hybridized carbons (Fsp3) is 0.375. The molecule has 6 nitrogen and oxygen atoms in total. The van der Waals surface area contributed by atoms with E-state index in [0.29, 0.717) is 12.2 Å². The molecule has 0 heterocycles. The minimum Gasteiger partial charge on any atom is -0.463 e. The van der Waals surface area contributed by atoms with Crippen molar-refractivity contribution < 1.29 is 19.1 Å². The van der Waals surface area contributed by atoms with Gasteiger partial charge in [-0.05, 0) is 70.4 Å². The largest absolute Gasteiger partial charge is 0.463 e. The van der Waals surface area contributed by atoms with Crippen LogP contribution < -0.4 is 5.32 Å². The van der Waals surface area contributed by atoms with Crippen LogP contribution >= 0.6 is 0 Å². The maximum atomic E-state index is 13.0. The number of hydrogen-bond donors (Lipinski definition) is 1. The maximum absolute atomic E-state index is 13.0. The number of hydrogen-bond acceptors (Lipinski definition) is 5. The Hall–Kier alpha value is -3.64. The Morgan fingerprint density at radius 1 is 0.816 bits per heavy atom. The van der Waals surface area contributed by atoms with Crippen molar-refractivity contribution in [2.75, 3.05) is 5.32 Å². The lowest BCUT2D eigenvalue weighted by atomic mass is 9.96. The first-order valence-electron chi connectivity index (χ1n) is 13.2. The summed E-state index contributed by atoms with van der Waals surface area (Å²) in [5, 5.41) is 2.78. The van der Waals surface area contributed by atoms with E-state index in [-0.39, 0.29) is 30.6 Å². The van der Waals surface area contributed by atoms with E-state index in [1.807, 2.05) is 95.3 Å². The fourth-order valence-electron chi connectivity index (χ4n) is 4.34. The van der Waals surface area contributed by atoms with Crippen molar-refractivity contribution in [2.24, 2.45) is 0 Å². The summed E-state index contributed by atoms with van der Waals surface area (Å²) in [5.74, 6) is -0.251. The predicted molar refractivity (Wildman–Crippen MR) is 152 cm³/mol. The zero-order valence-electron chi connectivity index (χ0n) is 23.3. The van der Waals surface area contributed by atoms with Crippen LogP contribution in [0.4, 0.5) is 10.5 Å². The van der Waals surface area contributed by atoms with Gasteiger partial charge in [0.25, 0.3) is 0 Å². The molecule has 0 aliphatic heterocycles. The van der Waals surface area contributed by atoms with Gasteiger partial charge in [-0.2, -0.15) is 0 Å². The van der Waals surface area contributed by atoms with Crippen LogP contribution in [0.1, 0.15) is 76.7 Å². The van der Waals surface area contributed by atoms with Gasteiger partial charge in [0.1, 0.15) is 5.60 Å². The normalized spacial score (nSPS) is 13.2. The highest BCUT2D eigenvalue weighted by atomic mass is 16.6. The van der Waals surface area contributed by atoms with E-state index in [4.69, 9.17) is 9.47 Å². The lowest BCUT2D eigenvalue weighted by molar-refractivity contribution is -0.149. The van der Waals surface area contributed by atoms with E-state index < -0.39 is 11.7 Å². The number of ether oxygens (including phenoxy) is 2. The number of amides is 1. The molecule has 6 heteroatoms. The highest BCUT2D eigenvalue weighted by molar-refractivity contribution is 5.84. The van der Waals surface area contributed by atoms with Crippen LogP contribution in [-0.2, 0) is 20.8 Å². The molecule has 0 radical (unpaired) electrons. The third kappa shape index (κ3) is 9.03. The van der Waals surface area contributed by atoms with Gasteiger partial charge in [-0.25, -0.2) is 4.79 Å². The Labute approximate surface area is 227 Å². The Morgan fingerprint density at radius 2 is 1.39 bits per heavy atom. The molecule has 1 N–H and O–H groups in total. The predicted octanol–water partition coefficient (Wildman–Crippen LogP) is 7.68. The van der Waals surface area contributed by atoms with Gasteiger partial charge in [-0.1, -0.05) is 72.8 Å². The van der Waals surface area contributed by atoms with Gasteiger partial charge in [0.05, 0.1) is 12.5 Å². The van der Waals surface area contributed by atoms with E-state index in [1.54, 1.807) is 0 Å². The molecule has 202 valence electrons. The van der Waals surface area contributed by atoms with Crippen molar-refractivity contribution in [3.8, 4) is 0 Å².